The van der Waals surface area contributed by atoms with Crippen molar-refractivity contribution in [1.29, 1.82) is 0 Å². The van der Waals surface area contributed by atoms with Gasteiger partial charge >= 0.3 is 0 Å². The van der Waals surface area contributed by atoms with Gasteiger partial charge in [-0.2, -0.15) is 0 Å². The molecule has 0 aliphatic rings. The maximum absolute atomic E-state index is 12.0. The van der Waals surface area contributed by atoms with Crippen molar-refractivity contribution in [1.82, 2.24) is 15.6 Å². The lowest BCUT2D eigenvalue weighted by Crippen LogP contribution is -2.35. The monoisotopic (exact) mass is 272 g/mol. The minimum Gasteiger partial charge on any atom is -0.373 e. The van der Waals surface area contributed by atoms with Crippen molar-refractivity contribution in [3.05, 3.63) is 36.0 Å². The molecule has 2 aromatic rings. The van der Waals surface area contributed by atoms with Gasteiger partial charge in [-0.25, -0.2) is 4.98 Å². The minimum atomic E-state index is -0.379. The van der Waals surface area contributed by atoms with E-state index in [0.717, 1.165) is 10.8 Å². The molecule has 0 fully saturated rings. The molecule has 0 unspecified atom stereocenters. The molecule has 0 saturated carbocycles. The zero-order valence-corrected chi connectivity index (χ0v) is 11.4. The molecule has 104 valence electrons. The van der Waals surface area contributed by atoms with Crippen LogP contribution in [0.25, 0.3) is 10.8 Å². The Morgan fingerprint density at radius 3 is 2.65 bits per heavy atom. The fourth-order valence-electron chi connectivity index (χ4n) is 1.85. The van der Waals surface area contributed by atoms with Gasteiger partial charge in [0.25, 0.3) is 5.91 Å². The molecule has 6 nitrogen and oxygen atoms in total. The Hall–Kier alpha value is -2.63. The Morgan fingerprint density at radius 2 is 1.95 bits per heavy atom. The molecule has 0 bridgehead atoms. The Bertz CT molecular complexity index is 655. The first-order valence-corrected chi connectivity index (χ1v) is 6.22. The second kappa shape index (κ2) is 6.01. The summed E-state index contributed by atoms with van der Waals surface area (Å²) in [6, 6.07) is 9.35. The summed E-state index contributed by atoms with van der Waals surface area (Å²) in [6.07, 6.45) is 0. The maximum Gasteiger partial charge on any atom is 0.270 e. The van der Waals surface area contributed by atoms with E-state index < -0.39 is 0 Å². The second-order valence-corrected chi connectivity index (χ2v) is 4.18. The average Bonchev–Trinajstić information content (AvgIpc) is 2.50. The number of pyridine rings is 1. The van der Waals surface area contributed by atoms with E-state index in [-0.39, 0.29) is 24.1 Å². The molecule has 3 N–H and O–H groups in total. The summed E-state index contributed by atoms with van der Waals surface area (Å²) in [7, 11) is 3.27. The van der Waals surface area contributed by atoms with E-state index in [9.17, 15) is 9.59 Å². The highest BCUT2D eigenvalue weighted by atomic mass is 16.2. The summed E-state index contributed by atoms with van der Waals surface area (Å²) < 4.78 is 0. The SMILES string of the molecule is CNC(=O)CNC(=O)c1cc2ccccc2c(NC)n1. The topological polar surface area (TPSA) is 83.1 Å². The smallest absolute Gasteiger partial charge is 0.270 e. The van der Waals surface area contributed by atoms with Crippen LogP contribution in [0.3, 0.4) is 0 Å². The summed E-state index contributed by atoms with van der Waals surface area (Å²) in [5.41, 5.74) is 0.275. The summed E-state index contributed by atoms with van der Waals surface area (Å²) in [4.78, 5) is 27.4. The van der Waals surface area contributed by atoms with E-state index in [4.69, 9.17) is 0 Å². The highest BCUT2D eigenvalue weighted by molar-refractivity contribution is 6.01. The number of nitrogens with zero attached hydrogens (tertiary/aromatic N) is 1. The van der Waals surface area contributed by atoms with Gasteiger partial charge < -0.3 is 16.0 Å². The lowest BCUT2D eigenvalue weighted by atomic mass is 10.1. The van der Waals surface area contributed by atoms with Gasteiger partial charge in [0, 0.05) is 19.5 Å². The maximum atomic E-state index is 12.0. The minimum absolute atomic E-state index is 0.0707. The zero-order valence-electron chi connectivity index (χ0n) is 11.4. The lowest BCUT2D eigenvalue weighted by Gasteiger charge is -2.09. The molecule has 20 heavy (non-hydrogen) atoms. The normalized spacial score (nSPS) is 10.1. The molecular formula is C14H16N4O2. The number of carbonyl (C=O) groups excluding carboxylic acids is 2. The predicted molar refractivity (Wildman–Crippen MR) is 77.7 cm³/mol. The summed E-state index contributed by atoms with van der Waals surface area (Å²) in [5, 5.41) is 9.79. The number of amides is 2. The summed E-state index contributed by atoms with van der Waals surface area (Å²) >= 11 is 0. The molecule has 6 heteroatoms. The van der Waals surface area contributed by atoms with E-state index in [1.54, 1.807) is 13.1 Å². The Labute approximate surface area is 116 Å². The molecule has 1 heterocycles. The van der Waals surface area contributed by atoms with Gasteiger partial charge in [-0.15, -0.1) is 0 Å². The van der Waals surface area contributed by atoms with Crippen molar-refractivity contribution in [2.45, 2.75) is 0 Å². The van der Waals surface area contributed by atoms with E-state index in [1.165, 1.54) is 7.05 Å². The van der Waals surface area contributed by atoms with Crippen LogP contribution in [0, 0.1) is 0 Å². The van der Waals surface area contributed by atoms with E-state index in [1.807, 2.05) is 24.3 Å². The van der Waals surface area contributed by atoms with Gasteiger partial charge in [0.05, 0.1) is 6.54 Å². The number of likely N-dealkylation sites (N-methyl/N-ethyl adjacent to an activating group) is 1. The van der Waals surface area contributed by atoms with Crippen LogP contribution in [0.1, 0.15) is 10.5 Å². The predicted octanol–water partition coefficient (Wildman–Crippen LogP) is 0.752. The number of rotatable bonds is 4. The average molecular weight is 272 g/mol. The molecule has 0 aliphatic carbocycles. The first kappa shape index (κ1) is 13.8. The third-order valence-corrected chi connectivity index (χ3v) is 2.90. The molecule has 0 radical (unpaired) electrons. The van der Waals surface area contributed by atoms with Crippen molar-refractivity contribution >= 4 is 28.4 Å². The molecule has 0 spiro atoms. The van der Waals surface area contributed by atoms with Crippen LogP contribution < -0.4 is 16.0 Å². The number of nitrogens with one attached hydrogen (secondary N) is 3. The summed E-state index contributed by atoms with van der Waals surface area (Å²) in [5.74, 6) is -0.00275. The lowest BCUT2D eigenvalue weighted by molar-refractivity contribution is -0.119. The molecule has 2 rings (SSSR count). The first-order valence-electron chi connectivity index (χ1n) is 6.22. The standard InChI is InChI=1S/C14H16N4O2/c1-15-12(19)8-17-14(20)11-7-9-5-3-4-6-10(9)13(16-2)18-11/h3-7H,8H2,1-2H3,(H,15,19)(H,16,18)(H,17,20). The Balaban J connectivity index is 2.30. The van der Waals surface area contributed by atoms with Crippen LogP contribution in [0.5, 0.6) is 0 Å². The fourth-order valence-corrected chi connectivity index (χ4v) is 1.85. The van der Waals surface area contributed by atoms with Gasteiger partial charge in [-0.1, -0.05) is 24.3 Å². The van der Waals surface area contributed by atoms with Crippen molar-refractivity contribution in [3.63, 3.8) is 0 Å². The van der Waals surface area contributed by atoms with E-state index in [0.29, 0.717) is 5.82 Å². The van der Waals surface area contributed by atoms with Crippen LogP contribution >= 0.6 is 0 Å². The number of aromatic nitrogens is 1. The van der Waals surface area contributed by atoms with Crippen molar-refractivity contribution < 1.29 is 9.59 Å². The Kier molecular flexibility index (Phi) is 4.14. The van der Waals surface area contributed by atoms with Crippen LogP contribution in [0.4, 0.5) is 5.82 Å². The highest BCUT2D eigenvalue weighted by Gasteiger charge is 2.12. The van der Waals surface area contributed by atoms with Gasteiger partial charge in [0.15, 0.2) is 0 Å². The second-order valence-electron chi connectivity index (χ2n) is 4.18. The van der Waals surface area contributed by atoms with Crippen LogP contribution in [0.2, 0.25) is 0 Å². The largest absolute Gasteiger partial charge is 0.373 e. The van der Waals surface area contributed by atoms with Gasteiger partial charge in [-0.3, -0.25) is 9.59 Å². The molecular weight excluding hydrogens is 256 g/mol. The number of hydrogen-bond donors (Lipinski definition) is 3. The van der Waals surface area contributed by atoms with Crippen LogP contribution in [0.15, 0.2) is 30.3 Å². The van der Waals surface area contributed by atoms with Crippen LogP contribution in [-0.4, -0.2) is 37.4 Å². The number of benzene rings is 1. The number of hydrogen-bond acceptors (Lipinski definition) is 4. The Morgan fingerprint density at radius 1 is 1.20 bits per heavy atom. The first-order chi connectivity index (χ1) is 9.65. The third kappa shape index (κ3) is 2.85. The highest BCUT2D eigenvalue weighted by Crippen LogP contribution is 2.21. The van der Waals surface area contributed by atoms with Gasteiger partial charge in [0.1, 0.15) is 11.5 Å². The van der Waals surface area contributed by atoms with E-state index in [2.05, 4.69) is 20.9 Å². The third-order valence-electron chi connectivity index (χ3n) is 2.90. The van der Waals surface area contributed by atoms with Gasteiger partial charge in [-0.05, 0) is 11.5 Å². The molecule has 0 atom stereocenters. The number of anilines is 1. The molecule has 2 amide bonds. The van der Waals surface area contributed by atoms with Crippen molar-refractivity contribution in [2.24, 2.45) is 0 Å². The number of fused-ring (bicyclic) bond motifs is 1. The molecule has 0 saturated heterocycles. The number of carbonyl (C=O) groups is 2. The molecule has 0 aliphatic heterocycles. The zero-order chi connectivity index (χ0) is 14.5. The summed E-state index contributed by atoms with van der Waals surface area (Å²) in [6.45, 7) is -0.0707. The quantitative estimate of drug-likeness (QED) is 0.767. The molecule has 1 aromatic heterocycles. The van der Waals surface area contributed by atoms with Crippen molar-refractivity contribution in [2.75, 3.05) is 26.0 Å². The van der Waals surface area contributed by atoms with Crippen molar-refractivity contribution in [3.8, 4) is 0 Å². The molecule has 1 aromatic carbocycles. The van der Waals surface area contributed by atoms with Gasteiger partial charge in [0.2, 0.25) is 5.91 Å². The van der Waals surface area contributed by atoms with E-state index >= 15 is 0 Å². The van der Waals surface area contributed by atoms with Crippen LogP contribution in [-0.2, 0) is 4.79 Å². The fraction of sp³-hybridized carbons (Fsp3) is 0.214.